The molecule has 0 atom stereocenters. The number of fused-ring (bicyclic) bond motifs is 2. The zero-order valence-corrected chi connectivity index (χ0v) is 16.7. The van der Waals surface area contributed by atoms with Gasteiger partial charge in [-0.15, -0.1) is 0 Å². The van der Waals surface area contributed by atoms with E-state index in [4.69, 9.17) is 32.4 Å². The van der Waals surface area contributed by atoms with Gasteiger partial charge in [0.1, 0.15) is 11.3 Å². The van der Waals surface area contributed by atoms with E-state index >= 15 is 0 Å². The van der Waals surface area contributed by atoms with Crippen molar-refractivity contribution >= 4 is 39.9 Å². The topological polar surface area (TPSA) is 42.7 Å². The van der Waals surface area contributed by atoms with Gasteiger partial charge in [-0.1, -0.05) is 36.5 Å². The number of aryl methyl sites for hydroxylation is 2. The third kappa shape index (κ3) is 3.40. The lowest BCUT2D eigenvalue weighted by Crippen LogP contribution is -2.32. The molecule has 0 saturated heterocycles. The molecule has 0 radical (unpaired) electrons. The SMILES string of the molecule is CCCc1cc(=O)oc2c(C)c3c(cc12)CN(c1cc(Cl)cc(Cl)c1)CO3. The van der Waals surface area contributed by atoms with Crippen molar-refractivity contribution in [2.75, 3.05) is 11.6 Å². The molecule has 1 aliphatic rings. The summed E-state index contributed by atoms with van der Waals surface area (Å²) in [6.45, 7) is 5.06. The third-order valence-corrected chi connectivity index (χ3v) is 5.27. The number of benzene rings is 2. The molecule has 0 N–H and O–H groups in total. The molecule has 2 aromatic carbocycles. The van der Waals surface area contributed by atoms with Gasteiger partial charge < -0.3 is 14.1 Å². The second-order valence-electron chi connectivity index (χ2n) is 6.81. The number of hydrogen-bond acceptors (Lipinski definition) is 4. The molecule has 0 saturated carbocycles. The Morgan fingerprint density at radius 1 is 1.11 bits per heavy atom. The Hall–Kier alpha value is -2.17. The molecule has 1 aliphatic heterocycles. The number of nitrogens with zero attached hydrogens (tertiary/aromatic N) is 1. The molecule has 3 aromatic rings. The van der Waals surface area contributed by atoms with E-state index in [1.165, 1.54) is 0 Å². The minimum atomic E-state index is -0.319. The van der Waals surface area contributed by atoms with Gasteiger partial charge in [-0.25, -0.2) is 4.79 Å². The Balaban J connectivity index is 1.82. The van der Waals surface area contributed by atoms with E-state index in [-0.39, 0.29) is 5.63 Å². The highest BCUT2D eigenvalue weighted by molar-refractivity contribution is 6.35. The molecule has 27 heavy (non-hydrogen) atoms. The van der Waals surface area contributed by atoms with Crippen LogP contribution in [0.3, 0.4) is 0 Å². The molecule has 4 nitrogen and oxygen atoms in total. The first-order valence-corrected chi connectivity index (χ1v) is 9.65. The van der Waals surface area contributed by atoms with Crippen LogP contribution in [0.1, 0.15) is 30.0 Å². The average Bonchev–Trinajstić information content (AvgIpc) is 2.62. The summed E-state index contributed by atoms with van der Waals surface area (Å²) >= 11 is 12.3. The number of ether oxygens (including phenoxy) is 1. The van der Waals surface area contributed by atoms with Gasteiger partial charge in [0, 0.05) is 44.9 Å². The molecule has 0 unspecified atom stereocenters. The number of rotatable bonds is 3. The van der Waals surface area contributed by atoms with Gasteiger partial charge in [-0.3, -0.25) is 0 Å². The van der Waals surface area contributed by atoms with Crippen molar-refractivity contribution < 1.29 is 9.15 Å². The molecule has 4 rings (SSSR count). The average molecular weight is 404 g/mol. The second-order valence-corrected chi connectivity index (χ2v) is 7.68. The monoisotopic (exact) mass is 403 g/mol. The Bertz CT molecular complexity index is 1070. The summed E-state index contributed by atoms with van der Waals surface area (Å²) in [7, 11) is 0. The lowest BCUT2D eigenvalue weighted by atomic mass is 9.98. The highest BCUT2D eigenvalue weighted by Crippen LogP contribution is 2.37. The smallest absolute Gasteiger partial charge is 0.336 e. The molecular formula is C21H19Cl2NO3. The molecule has 6 heteroatoms. The zero-order chi connectivity index (χ0) is 19.1. The van der Waals surface area contributed by atoms with E-state index < -0.39 is 0 Å². The first-order valence-electron chi connectivity index (χ1n) is 8.89. The lowest BCUT2D eigenvalue weighted by Gasteiger charge is -2.32. The fraction of sp³-hybridized carbons (Fsp3) is 0.286. The molecule has 140 valence electrons. The molecule has 0 amide bonds. The quantitative estimate of drug-likeness (QED) is 0.524. The first-order chi connectivity index (χ1) is 13.0. The van der Waals surface area contributed by atoms with E-state index in [0.29, 0.717) is 28.9 Å². The third-order valence-electron chi connectivity index (χ3n) is 4.83. The van der Waals surface area contributed by atoms with Crippen molar-refractivity contribution in [1.82, 2.24) is 0 Å². The van der Waals surface area contributed by atoms with Gasteiger partial charge in [0.05, 0.1) is 0 Å². The molecule has 0 spiro atoms. The maximum Gasteiger partial charge on any atom is 0.336 e. The highest BCUT2D eigenvalue weighted by Gasteiger charge is 2.23. The number of halogens is 2. The van der Waals surface area contributed by atoms with Crippen molar-refractivity contribution in [3.05, 3.63) is 67.5 Å². The lowest BCUT2D eigenvalue weighted by molar-refractivity contribution is 0.287. The van der Waals surface area contributed by atoms with Gasteiger partial charge >= 0.3 is 5.63 Å². The number of hydrogen-bond donors (Lipinski definition) is 0. The van der Waals surface area contributed by atoms with Crippen molar-refractivity contribution in [3.63, 3.8) is 0 Å². The summed E-state index contributed by atoms with van der Waals surface area (Å²) in [5.74, 6) is 0.781. The minimum Gasteiger partial charge on any atom is -0.472 e. The van der Waals surface area contributed by atoms with Crippen LogP contribution in [-0.2, 0) is 13.0 Å². The van der Waals surface area contributed by atoms with Gasteiger partial charge in [-0.2, -0.15) is 0 Å². The fourth-order valence-corrected chi connectivity index (χ4v) is 4.16. The van der Waals surface area contributed by atoms with E-state index in [0.717, 1.165) is 46.4 Å². The van der Waals surface area contributed by atoms with Crippen molar-refractivity contribution in [2.45, 2.75) is 33.2 Å². The van der Waals surface area contributed by atoms with E-state index in [9.17, 15) is 4.79 Å². The molecule has 0 aliphatic carbocycles. The second kappa shape index (κ2) is 7.10. The Morgan fingerprint density at radius 2 is 1.85 bits per heavy atom. The largest absolute Gasteiger partial charge is 0.472 e. The fourth-order valence-electron chi connectivity index (χ4n) is 3.65. The van der Waals surface area contributed by atoms with Gasteiger partial charge in [0.2, 0.25) is 0 Å². The summed E-state index contributed by atoms with van der Waals surface area (Å²) < 4.78 is 11.5. The Morgan fingerprint density at radius 3 is 2.56 bits per heavy atom. The van der Waals surface area contributed by atoms with Crippen molar-refractivity contribution in [2.24, 2.45) is 0 Å². The van der Waals surface area contributed by atoms with Crippen LogP contribution >= 0.6 is 23.2 Å². The summed E-state index contributed by atoms with van der Waals surface area (Å²) in [5.41, 5.74) is 4.13. The molecule has 0 fully saturated rings. The summed E-state index contributed by atoms with van der Waals surface area (Å²) in [6, 6.07) is 9.12. The van der Waals surface area contributed by atoms with Crippen LogP contribution in [0.5, 0.6) is 5.75 Å². The van der Waals surface area contributed by atoms with Crippen LogP contribution in [0.15, 0.2) is 39.5 Å². The summed E-state index contributed by atoms with van der Waals surface area (Å²) in [5, 5.41) is 2.15. The molecule has 0 bridgehead atoms. The van der Waals surface area contributed by atoms with Crippen molar-refractivity contribution in [1.29, 1.82) is 0 Å². The normalized spacial score (nSPS) is 13.6. The van der Waals surface area contributed by atoms with Crippen LogP contribution < -0.4 is 15.3 Å². The van der Waals surface area contributed by atoms with Gasteiger partial charge in [0.25, 0.3) is 0 Å². The zero-order valence-electron chi connectivity index (χ0n) is 15.1. The predicted molar refractivity (Wildman–Crippen MR) is 109 cm³/mol. The molecular weight excluding hydrogens is 385 g/mol. The Labute approximate surface area is 167 Å². The predicted octanol–water partition coefficient (Wildman–Crippen LogP) is 5.72. The standard InChI is InChI=1S/C21H19Cl2NO3/c1-3-4-13-6-19(25)27-21-12(2)20-14(5-18(13)21)10-24(11-26-20)17-8-15(22)7-16(23)9-17/h5-9H,3-4,10-11H2,1-2H3. The number of anilines is 1. The Kier molecular flexibility index (Phi) is 4.79. The minimum absolute atomic E-state index is 0.319. The molecule has 2 heterocycles. The highest BCUT2D eigenvalue weighted by atomic mass is 35.5. The van der Waals surface area contributed by atoms with Crippen LogP contribution in [0, 0.1) is 6.92 Å². The van der Waals surface area contributed by atoms with E-state index in [1.807, 2.05) is 19.1 Å². The van der Waals surface area contributed by atoms with Crippen molar-refractivity contribution in [3.8, 4) is 5.75 Å². The van der Waals surface area contributed by atoms with E-state index in [1.54, 1.807) is 12.1 Å². The first kappa shape index (κ1) is 18.2. The summed E-state index contributed by atoms with van der Waals surface area (Å²) in [4.78, 5) is 14.0. The van der Waals surface area contributed by atoms with E-state index in [2.05, 4.69) is 17.9 Å². The van der Waals surface area contributed by atoms with Crippen LogP contribution in [0.4, 0.5) is 5.69 Å². The molecule has 1 aromatic heterocycles. The van der Waals surface area contributed by atoms with Gasteiger partial charge in [-0.05, 0) is 43.2 Å². The van der Waals surface area contributed by atoms with Crippen LogP contribution in [0.25, 0.3) is 11.0 Å². The maximum atomic E-state index is 12.0. The summed E-state index contributed by atoms with van der Waals surface area (Å²) in [6.07, 6.45) is 1.78. The maximum absolute atomic E-state index is 12.0. The van der Waals surface area contributed by atoms with Gasteiger partial charge in [0.15, 0.2) is 6.73 Å². The van der Waals surface area contributed by atoms with Crippen LogP contribution in [-0.4, -0.2) is 6.73 Å². The van der Waals surface area contributed by atoms with Crippen LogP contribution in [0.2, 0.25) is 10.0 Å².